The number of pyridine rings is 1. The third kappa shape index (κ3) is 6.24. The number of nitrogens with zero attached hydrogens (tertiary/aromatic N) is 1. The summed E-state index contributed by atoms with van der Waals surface area (Å²) in [5.74, 6) is -2.78. The zero-order valence-electron chi connectivity index (χ0n) is 17.0. The molecule has 2 aromatic carbocycles. The third-order valence-corrected chi connectivity index (χ3v) is 4.73. The second-order valence-electron chi connectivity index (χ2n) is 7.19. The van der Waals surface area contributed by atoms with E-state index in [-0.39, 0.29) is 25.1 Å². The smallest absolute Gasteiger partial charge is 0.243 e. The topological polar surface area (TPSA) is 117 Å². The first-order valence-corrected chi connectivity index (χ1v) is 9.80. The predicted molar refractivity (Wildman–Crippen MR) is 114 cm³/mol. The quantitative estimate of drug-likeness (QED) is 0.429. The van der Waals surface area contributed by atoms with Crippen molar-refractivity contribution >= 4 is 17.6 Å². The summed E-state index contributed by atoms with van der Waals surface area (Å²) in [6, 6.07) is 11.9. The number of nitrogens with one attached hydrogen (secondary N) is 2. The maximum absolute atomic E-state index is 13.6. The number of nitrogens with two attached hydrogens (primary N) is 1. The molecular weight excluding hydrogens is 418 g/mol. The molecule has 1 unspecified atom stereocenters. The van der Waals surface area contributed by atoms with Crippen molar-refractivity contribution in [3.8, 4) is 5.75 Å². The van der Waals surface area contributed by atoms with Gasteiger partial charge in [0.25, 0.3) is 0 Å². The Bertz CT molecular complexity index is 1110. The van der Waals surface area contributed by atoms with E-state index in [1.54, 1.807) is 30.3 Å². The number of aromatic nitrogens is 1. The van der Waals surface area contributed by atoms with Crippen molar-refractivity contribution in [3.63, 3.8) is 0 Å². The van der Waals surface area contributed by atoms with E-state index >= 15 is 0 Å². The van der Waals surface area contributed by atoms with Gasteiger partial charge in [-0.2, -0.15) is 0 Å². The van der Waals surface area contributed by atoms with E-state index in [4.69, 9.17) is 5.73 Å². The van der Waals surface area contributed by atoms with Crippen LogP contribution in [0.25, 0.3) is 0 Å². The van der Waals surface area contributed by atoms with Crippen LogP contribution >= 0.6 is 0 Å². The fraction of sp³-hybridized carbons (Fsp3) is 0.174. The summed E-state index contributed by atoms with van der Waals surface area (Å²) >= 11 is 0. The lowest BCUT2D eigenvalue weighted by molar-refractivity contribution is -0.128. The summed E-state index contributed by atoms with van der Waals surface area (Å²) < 4.78 is 26.9. The van der Waals surface area contributed by atoms with Gasteiger partial charge < -0.3 is 21.5 Å². The molecule has 1 atom stereocenters. The van der Waals surface area contributed by atoms with Gasteiger partial charge >= 0.3 is 0 Å². The van der Waals surface area contributed by atoms with Crippen LogP contribution < -0.4 is 16.4 Å². The SMILES string of the molecule is Nc1ccc(CNC(=O)C(Cc2ccc(F)c(F)c2)NC(=O)Cc2ccccc2O)cn1. The number of carbonyl (C=O) groups is 2. The summed E-state index contributed by atoms with van der Waals surface area (Å²) in [5, 5.41) is 15.2. The number of hydrogen-bond acceptors (Lipinski definition) is 5. The predicted octanol–water partition coefficient (Wildman–Crippen LogP) is 2.23. The second-order valence-corrected chi connectivity index (χ2v) is 7.19. The number of amides is 2. The Balaban J connectivity index is 1.72. The van der Waals surface area contributed by atoms with Crippen molar-refractivity contribution in [2.24, 2.45) is 0 Å². The van der Waals surface area contributed by atoms with Crippen LogP contribution in [0.15, 0.2) is 60.8 Å². The van der Waals surface area contributed by atoms with Gasteiger partial charge in [-0.3, -0.25) is 9.59 Å². The highest BCUT2D eigenvalue weighted by Gasteiger charge is 2.22. The molecule has 166 valence electrons. The number of aromatic hydroxyl groups is 1. The Labute approximate surface area is 183 Å². The minimum Gasteiger partial charge on any atom is -0.508 e. The first-order chi connectivity index (χ1) is 15.3. The van der Waals surface area contributed by atoms with Crippen LogP contribution in [0.1, 0.15) is 16.7 Å². The molecule has 3 aromatic rings. The van der Waals surface area contributed by atoms with Crippen LogP contribution in [-0.2, 0) is 29.0 Å². The fourth-order valence-electron chi connectivity index (χ4n) is 3.04. The number of benzene rings is 2. The average molecular weight is 440 g/mol. The van der Waals surface area contributed by atoms with Crippen molar-refractivity contribution in [1.29, 1.82) is 0 Å². The maximum Gasteiger partial charge on any atom is 0.243 e. The number of halogens is 2. The van der Waals surface area contributed by atoms with Crippen LogP contribution in [-0.4, -0.2) is 27.9 Å². The van der Waals surface area contributed by atoms with E-state index in [9.17, 15) is 23.5 Å². The zero-order valence-corrected chi connectivity index (χ0v) is 17.0. The molecule has 0 saturated carbocycles. The monoisotopic (exact) mass is 440 g/mol. The molecule has 0 radical (unpaired) electrons. The van der Waals surface area contributed by atoms with Gasteiger partial charge in [-0.25, -0.2) is 13.8 Å². The van der Waals surface area contributed by atoms with E-state index in [0.717, 1.165) is 12.1 Å². The van der Waals surface area contributed by atoms with Gasteiger partial charge in [0.05, 0.1) is 6.42 Å². The van der Waals surface area contributed by atoms with Crippen LogP contribution in [0.4, 0.5) is 14.6 Å². The van der Waals surface area contributed by atoms with Crippen LogP contribution in [0.5, 0.6) is 5.75 Å². The van der Waals surface area contributed by atoms with Gasteiger partial charge in [-0.1, -0.05) is 30.3 Å². The molecule has 5 N–H and O–H groups in total. The average Bonchev–Trinajstić information content (AvgIpc) is 2.77. The largest absolute Gasteiger partial charge is 0.508 e. The normalized spacial score (nSPS) is 11.6. The number of nitrogen functional groups attached to an aromatic ring is 1. The molecule has 32 heavy (non-hydrogen) atoms. The van der Waals surface area contributed by atoms with Crippen molar-refractivity contribution in [2.75, 3.05) is 5.73 Å². The molecule has 0 spiro atoms. The van der Waals surface area contributed by atoms with Crippen molar-refractivity contribution < 1.29 is 23.5 Å². The number of rotatable bonds is 8. The molecule has 0 aliphatic heterocycles. The minimum atomic E-state index is -1.06. The molecule has 9 heteroatoms. The number of anilines is 1. The van der Waals surface area contributed by atoms with Gasteiger partial charge in [0.2, 0.25) is 11.8 Å². The molecule has 0 aliphatic rings. The van der Waals surface area contributed by atoms with E-state index in [0.29, 0.717) is 22.5 Å². The maximum atomic E-state index is 13.6. The molecule has 0 bridgehead atoms. The Hall–Kier alpha value is -4.01. The second kappa shape index (κ2) is 10.3. The highest BCUT2D eigenvalue weighted by atomic mass is 19.2. The Morgan fingerprint density at radius 1 is 1.03 bits per heavy atom. The summed E-state index contributed by atoms with van der Waals surface area (Å²) in [6.07, 6.45) is 1.29. The summed E-state index contributed by atoms with van der Waals surface area (Å²) in [5.41, 5.74) is 6.97. The molecule has 7 nitrogen and oxygen atoms in total. The number of phenolic OH excluding ortho intramolecular Hbond substituents is 1. The number of para-hydroxylation sites is 1. The lowest BCUT2D eigenvalue weighted by Crippen LogP contribution is -2.48. The Kier molecular flexibility index (Phi) is 7.33. The van der Waals surface area contributed by atoms with Crippen molar-refractivity contribution in [3.05, 3.63) is 89.1 Å². The minimum absolute atomic E-state index is 0.0416. The fourth-order valence-corrected chi connectivity index (χ4v) is 3.04. The van der Waals surface area contributed by atoms with Gasteiger partial charge in [-0.05, 0) is 35.4 Å². The lowest BCUT2D eigenvalue weighted by Gasteiger charge is -2.19. The van der Waals surface area contributed by atoms with Gasteiger partial charge in [0.1, 0.15) is 17.6 Å². The molecular formula is C23H22F2N4O3. The lowest BCUT2D eigenvalue weighted by atomic mass is 10.0. The Morgan fingerprint density at radius 2 is 1.78 bits per heavy atom. The Morgan fingerprint density at radius 3 is 2.47 bits per heavy atom. The standard InChI is InChI=1S/C23H22F2N4O3/c24-17-7-5-14(9-18(17)25)10-19(23(32)28-13-15-6-8-21(26)27-12-15)29-22(31)11-16-3-1-2-4-20(16)30/h1-9,12,19,30H,10-11,13H2,(H2,26,27)(H,28,32)(H,29,31). The molecule has 3 rings (SSSR count). The van der Waals surface area contributed by atoms with Crippen molar-refractivity contribution in [2.45, 2.75) is 25.4 Å². The molecule has 0 aliphatic carbocycles. The van der Waals surface area contributed by atoms with Gasteiger partial charge in [0.15, 0.2) is 11.6 Å². The van der Waals surface area contributed by atoms with Gasteiger partial charge in [-0.15, -0.1) is 0 Å². The molecule has 0 saturated heterocycles. The van der Waals surface area contributed by atoms with Crippen LogP contribution in [0.3, 0.4) is 0 Å². The molecule has 1 aromatic heterocycles. The van der Waals surface area contributed by atoms with E-state index in [2.05, 4.69) is 15.6 Å². The molecule has 1 heterocycles. The number of phenols is 1. The highest BCUT2D eigenvalue weighted by Crippen LogP contribution is 2.16. The van der Waals surface area contributed by atoms with Crippen molar-refractivity contribution in [1.82, 2.24) is 15.6 Å². The number of hydrogen-bond donors (Lipinski definition) is 4. The third-order valence-electron chi connectivity index (χ3n) is 4.73. The highest BCUT2D eigenvalue weighted by molar-refractivity contribution is 5.88. The number of carbonyl (C=O) groups excluding carboxylic acids is 2. The molecule has 0 fully saturated rings. The summed E-state index contributed by atoms with van der Waals surface area (Å²) in [6.45, 7) is 0.135. The zero-order chi connectivity index (χ0) is 23.1. The van der Waals surface area contributed by atoms with Crippen LogP contribution in [0, 0.1) is 11.6 Å². The summed E-state index contributed by atoms with van der Waals surface area (Å²) in [4.78, 5) is 29.3. The van der Waals surface area contributed by atoms with E-state index in [1.807, 2.05) is 0 Å². The summed E-state index contributed by atoms with van der Waals surface area (Å²) in [7, 11) is 0. The van der Waals surface area contributed by atoms with Crippen LogP contribution in [0.2, 0.25) is 0 Å². The first kappa shape index (κ1) is 22.7. The van der Waals surface area contributed by atoms with E-state index in [1.165, 1.54) is 18.3 Å². The first-order valence-electron chi connectivity index (χ1n) is 9.80. The molecule has 2 amide bonds. The van der Waals surface area contributed by atoms with E-state index < -0.39 is 29.5 Å². The van der Waals surface area contributed by atoms with Gasteiger partial charge in [0, 0.05) is 24.7 Å².